The van der Waals surface area contributed by atoms with Crippen LogP contribution in [0.4, 0.5) is 0 Å². The topological polar surface area (TPSA) is 89.5 Å². The van der Waals surface area contributed by atoms with Gasteiger partial charge in [0, 0.05) is 11.8 Å². The number of ether oxygens (including phenoxy) is 1. The number of rotatable bonds is 6. The summed E-state index contributed by atoms with van der Waals surface area (Å²) >= 11 is 5.85. The SMILES string of the molecule is COC(=O)[C@H](CC(C)C)NC(=O)c1ccc(Cl)c(S(C)(=O)=O)c1. The minimum atomic E-state index is -3.56. The molecule has 6 nitrogen and oxygen atoms in total. The summed E-state index contributed by atoms with van der Waals surface area (Å²) in [6.45, 7) is 3.82. The van der Waals surface area contributed by atoms with Crippen molar-refractivity contribution in [2.24, 2.45) is 5.92 Å². The Balaban J connectivity index is 3.07. The first-order valence-corrected chi connectivity index (χ1v) is 9.21. The third kappa shape index (κ3) is 5.51. The summed E-state index contributed by atoms with van der Waals surface area (Å²) in [7, 11) is -2.32. The number of sulfone groups is 1. The van der Waals surface area contributed by atoms with Gasteiger partial charge in [0.05, 0.1) is 17.0 Å². The Hall–Kier alpha value is -1.60. The molecule has 0 saturated heterocycles. The van der Waals surface area contributed by atoms with Gasteiger partial charge in [-0.15, -0.1) is 0 Å². The van der Waals surface area contributed by atoms with Gasteiger partial charge in [0.2, 0.25) is 0 Å². The Morgan fingerprint density at radius 1 is 1.30 bits per heavy atom. The molecule has 0 aliphatic rings. The van der Waals surface area contributed by atoms with Gasteiger partial charge in [-0.1, -0.05) is 25.4 Å². The van der Waals surface area contributed by atoms with Crippen molar-refractivity contribution < 1.29 is 22.7 Å². The molecule has 0 aliphatic heterocycles. The number of halogens is 1. The van der Waals surface area contributed by atoms with Gasteiger partial charge in [0.15, 0.2) is 9.84 Å². The number of amides is 1. The molecule has 128 valence electrons. The minimum absolute atomic E-state index is 0.0377. The predicted octanol–water partition coefficient (Wildman–Crippen LogP) is 2.06. The van der Waals surface area contributed by atoms with Crippen LogP contribution in [-0.4, -0.2) is 39.7 Å². The van der Waals surface area contributed by atoms with Crippen LogP contribution in [0.25, 0.3) is 0 Å². The van der Waals surface area contributed by atoms with Crippen molar-refractivity contribution in [3.05, 3.63) is 28.8 Å². The number of nitrogens with one attached hydrogen (secondary N) is 1. The van der Waals surface area contributed by atoms with Crippen LogP contribution < -0.4 is 5.32 Å². The van der Waals surface area contributed by atoms with E-state index in [2.05, 4.69) is 10.1 Å². The van der Waals surface area contributed by atoms with Gasteiger partial charge in [-0.2, -0.15) is 0 Å². The quantitative estimate of drug-likeness (QED) is 0.783. The fraction of sp³-hybridized carbons (Fsp3) is 0.467. The van der Waals surface area contributed by atoms with Gasteiger partial charge in [-0.3, -0.25) is 4.79 Å². The van der Waals surface area contributed by atoms with Crippen LogP contribution in [0.15, 0.2) is 23.1 Å². The van der Waals surface area contributed by atoms with Crippen molar-refractivity contribution in [2.45, 2.75) is 31.2 Å². The lowest BCUT2D eigenvalue weighted by Crippen LogP contribution is -2.42. The van der Waals surface area contributed by atoms with Crippen LogP contribution >= 0.6 is 11.6 Å². The van der Waals surface area contributed by atoms with Crippen LogP contribution in [0.2, 0.25) is 5.02 Å². The summed E-state index contributed by atoms with van der Waals surface area (Å²) in [5, 5.41) is 2.60. The number of benzene rings is 1. The number of carbonyl (C=O) groups is 2. The molecule has 0 spiro atoms. The van der Waals surface area contributed by atoms with Gasteiger partial charge in [0.25, 0.3) is 5.91 Å². The van der Waals surface area contributed by atoms with E-state index in [1.165, 1.54) is 25.3 Å². The lowest BCUT2D eigenvalue weighted by molar-refractivity contribution is -0.143. The van der Waals surface area contributed by atoms with Crippen molar-refractivity contribution in [1.82, 2.24) is 5.32 Å². The second-order valence-corrected chi connectivity index (χ2v) is 7.99. The molecular weight excluding hydrogens is 342 g/mol. The first-order chi connectivity index (χ1) is 10.6. The first kappa shape index (κ1) is 19.4. The molecule has 0 radical (unpaired) electrons. The van der Waals surface area contributed by atoms with E-state index in [0.717, 1.165) is 6.26 Å². The highest BCUT2D eigenvalue weighted by atomic mass is 35.5. The molecular formula is C15H20ClNO5S. The Kier molecular flexibility index (Phi) is 6.58. The highest BCUT2D eigenvalue weighted by molar-refractivity contribution is 7.90. The summed E-state index contributed by atoms with van der Waals surface area (Å²) in [5.41, 5.74) is 0.104. The number of hydrogen-bond acceptors (Lipinski definition) is 5. The van der Waals surface area contributed by atoms with E-state index in [-0.39, 0.29) is 21.4 Å². The Labute approximate surface area is 141 Å². The van der Waals surface area contributed by atoms with Crippen LogP contribution in [0.1, 0.15) is 30.6 Å². The zero-order valence-electron chi connectivity index (χ0n) is 13.4. The van der Waals surface area contributed by atoms with Crippen LogP contribution in [-0.2, 0) is 19.4 Å². The van der Waals surface area contributed by atoms with E-state index in [9.17, 15) is 18.0 Å². The summed E-state index contributed by atoms with van der Waals surface area (Å²) in [6.07, 6.45) is 1.41. The normalized spacial score (nSPS) is 12.8. The first-order valence-electron chi connectivity index (χ1n) is 6.94. The number of hydrogen-bond donors (Lipinski definition) is 1. The summed E-state index contributed by atoms with van der Waals surface area (Å²) in [6, 6.07) is 3.12. The number of esters is 1. The molecule has 0 aliphatic carbocycles. The average molecular weight is 362 g/mol. The monoisotopic (exact) mass is 361 g/mol. The van der Waals surface area contributed by atoms with Crippen molar-refractivity contribution >= 4 is 33.3 Å². The average Bonchev–Trinajstić information content (AvgIpc) is 2.44. The van der Waals surface area contributed by atoms with E-state index >= 15 is 0 Å². The van der Waals surface area contributed by atoms with Gasteiger partial charge < -0.3 is 10.1 Å². The highest BCUT2D eigenvalue weighted by Gasteiger charge is 2.24. The van der Waals surface area contributed by atoms with E-state index in [1.807, 2.05) is 13.8 Å². The third-order valence-electron chi connectivity index (χ3n) is 3.09. The van der Waals surface area contributed by atoms with Crippen LogP contribution in [0.3, 0.4) is 0 Å². The maximum Gasteiger partial charge on any atom is 0.328 e. The summed E-state index contributed by atoms with van der Waals surface area (Å²) in [5.74, 6) is -0.955. The van der Waals surface area contributed by atoms with Gasteiger partial charge in [0.1, 0.15) is 6.04 Å². The molecule has 1 aromatic rings. The lowest BCUT2D eigenvalue weighted by atomic mass is 10.0. The maximum atomic E-state index is 12.3. The van der Waals surface area contributed by atoms with Gasteiger partial charge in [-0.25, -0.2) is 13.2 Å². The molecule has 0 aromatic heterocycles. The zero-order chi connectivity index (χ0) is 17.8. The smallest absolute Gasteiger partial charge is 0.328 e. The summed E-state index contributed by atoms with van der Waals surface area (Å²) in [4.78, 5) is 23.9. The molecule has 1 amide bonds. The van der Waals surface area contributed by atoms with Crippen molar-refractivity contribution in [3.8, 4) is 0 Å². The molecule has 0 heterocycles. The second kappa shape index (κ2) is 7.79. The molecule has 1 rings (SSSR count). The maximum absolute atomic E-state index is 12.3. The molecule has 1 N–H and O–H groups in total. The van der Waals surface area contributed by atoms with E-state index in [1.54, 1.807) is 0 Å². The number of methoxy groups -OCH3 is 1. The molecule has 0 bridgehead atoms. The second-order valence-electron chi connectivity index (χ2n) is 5.60. The van der Waals surface area contributed by atoms with E-state index in [0.29, 0.717) is 6.42 Å². The minimum Gasteiger partial charge on any atom is -0.467 e. The third-order valence-corrected chi connectivity index (χ3v) is 4.67. The van der Waals surface area contributed by atoms with Crippen molar-refractivity contribution in [2.75, 3.05) is 13.4 Å². The van der Waals surface area contributed by atoms with E-state index < -0.39 is 27.8 Å². The molecule has 8 heteroatoms. The fourth-order valence-electron chi connectivity index (χ4n) is 2.00. The highest BCUT2D eigenvalue weighted by Crippen LogP contribution is 2.22. The molecule has 0 saturated carbocycles. The molecule has 1 aromatic carbocycles. The lowest BCUT2D eigenvalue weighted by Gasteiger charge is -2.18. The molecule has 1 atom stereocenters. The predicted molar refractivity (Wildman–Crippen MR) is 87.3 cm³/mol. The standard InChI is InChI=1S/C15H20ClNO5S/c1-9(2)7-12(15(19)22-3)17-14(18)10-5-6-11(16)13(8-10)23(4,20)21/h5-6,8-9,12H,7H2,1-4H3,(H,17,18)/t12-/m0/s1. The Bertz CT molecular complexity index is 700. The Morgan fingerprint density at radius 3 is 2.39 bits per heavy atom. The molecule has 23 heavy (non-hydrogen) atoms. The van der Waals surface area contributed by atoms with Gasteiger partial charge >= 0.3 is 5.97 Å². The fourth-order valence-corrected chi connectivity index (χ4v) is 3.30. The van der Waals surface area contributed by atoms with Crippen molar-refractivity contribution in [1.29, 1.82) is 0 Å². The van der Waals surface area contributed by atoms with Gasteiger partial charge in [-0.05, 0) is 30.5 Å². The van der Waals surface area contributed by atoms with Crippen LogP contribution in [0.5, 0.6) is 0 Å². The largest absolute Gasteiger partial charge is 0.467 e. The van der Waals surface area contributed by atoms with Crippen LogP contribution in [0, 0.1) is 5.92 Å². The summed E-state index contributed by atoms with van der Waals surface area (Å²) < 4.78 is 28.0. The Morgan fingerprint density at radius 2 is 1.91 bits per heavy atom. The molecule has 0 unspecified atom stereocenters. The number of carbonyl (C=O) groups excluding carboxylic acids is 2. The molecule has 0 fully saturated rings. The van der Waals surface area contributed by atoms with Crippen molar-refractivity contribution in [3.63, 3.8) is 0 Å². The zero-order valence-corrected chi connectivity index (χ0v) is 15.0. The van der Waals surface area contributed by atoms with E-state index in [4.69, 9.17) is 11.6 Å².